The average Bonchev–Trinajstić information content (AvgIpc) is 2.04. The molecule has 3 heteroatoms. The number of rotatable bonds is 0. The second kappa shape index (κ2) is 2.44. The van der Waals surface area contributed by atoms with Crippen molar-refractivity contribution in [3.63, 3.8) is 0 Å². The van der Waals surface area contributed by atoms with Crippen molar-refractivity contribution in [1.29, 1.82) is 0 Å². The summed E-state index contributed by atoms with van der Waals surface area (Å²) in [6.45, 7) is 0. The number of carbonyl (C=O) groups is 1. The third-order valence-electron chi connectivity index (χ3n) is 1.83. The van der Waals surface area contributed by atoms with Gasteiger partial charge in [0.2, 0.25) is 0 Å². The standard InChI is InChI=1S/C9H7NO2/c11-8-5-9(12)10-7-4-2-1-3-6(7)8/h1-6,11H. The van der Waals surface area contributed by atoms with Crippen LogP contribution in [0.25, 0.3) is 0 Å². The van der Waals surface area contributed by atoms with Crippen LogP contribution in [0.1, 0.15) is 0 Å². The topological polar surface area (TPSA) is 49.7 Å². The van der Waals surface area contributed by atoms with E-state index in [1.807, 2.05) is 6.08 Å². The van der Waals surface area contributed by atoms with Crippen LogP contribution in [0.15, 0.2) is 41.1 Å². The fraction of sp³-hybridized carbons (Fsp3) is 0.111. The Balaban J connectivity index is 2.44. The number of aliphatic hydroxyl groups is 1. The van der Waals surface area contributed by atoms with E-state index in [1.165, 1.54) is 0 Å². The first-order chi connectivity index (χ1) is 5.77. The van der Waals surface area contributed by atoms with Crippen LogP contribution in [0.5, 0.6) is 0 Å². The fourth-order valence-electron chi connectivity index (χ4n) is 1.26. The average molecular weight is 161 g/mol. The maximum atomic E-state index is 10.8. The van der Waals surface area contributed by atoms with Crippen molar-refractivity contribution in [2.45, 2.75) is 0 Å². The normalized spacial score (nSPS) is 26.3. The number of fused-ring (bicyclic) bond motifs is 1. The number of allylic oxidation sites excluding steroid dienone is 4. The Morgan fingerprint density at radius 1 is 1.42 bits per heavy atom. The van der Waals surface area contributed by atoms with Crippen LogP contribution in [0.3, 0.4) is 0 Å². The quantitative estimate of drug-likeness (QED) is 0.579. The number of hydrogen-bond donors (Lipinski definition) is 1. The van der Waals surface area contributed by atoms with E-state index in [2.05, 4.69) is 4.99 Å². The van der Waals surface area contributed by atoms with E-state index in [4.69, 9.17) is 0 Å². The molecule has 1 heterocycles. The van der Waals surface area contributed by atoms with E-state index >= 15 is 0 Å². The highest BCUT2D eigenvalue weighted by Crippen LogP contribution is 2.20. The lowest BCUT2D eigenvalue weighted by atomic mass is 9.94. The van der Waals surface area contributed by atoms with Gasteiger partial charge in [0, 0.05) is 6.08 Å². The van der Waals surface area contributed by atoms with Gasteiger partial charge in [0.1, 0.15) is 5.76 Å². The van der Waals surface area contributed by atoms with E-state index in [-0.39, 0.29) is 11.7 Å². The summed E-state index contributed by atoms with van der Waals surface area (Å²) in [5.41, 5.74) is 0.613. The van der Waals surface area contributed by atoms with Crippen molar-refractivity contribution >= 4 is 11.6 Å². The molecule has 2 aliphatic rings. The predicted molar refractivity (Wildman–Crippen MR) is 44.9 cm³/mol. The lowest BCUT2D eigenvalue weighted by Gasteiger charge is -2.17. The van der Waals surface area contributed by atoms with Crippen molar-refractivity contribution in [3.8, 4) is 0 Å². The summed E-state index contributed by atoms with van der Waals surface area (Å²) in [6.07, 6.45) is 8.30. The monoisotopic (exact) mass is 161 g/mol. The number of dihydropyridines is 1. The lowest BCUT2D eigenvalue weighted by molar-refractivity contribution is -0.113. The first kappa shape index (κ1) is 7.03. The van der Waals surface area contributed by atoms with E-state index in [0.29, 0.717) is 5.71 Å². The highest BCUT2D eigenvalue weighted by atomic mass is 16.3. The van der Waals surface area contributed by atoms with Crippen molar-refractivity contribution in [2.75, 3.05) is 0 Å². The third kappa shape index (κ3) is 0.993. The van der Waals surface area contributed by atoms with Crippen LogP contribution in [0, 0.1) is 5.92 Å². The van der Waals surface area contributed by atoms with E-state index < -0.39 is 5.91 Å². The number of aliphatic hydroxyl groups excluding tert-OH is 1. The Kier molecular flexibility index (Phi) is 1.43. The Bertz CT molecular complexity index is 348. The Morgan fingerprint density at radius 3 is 3.08 bits per heavy atom. The molecule has 0 aromatic carbocycles. The molecule has 1 atom stereocenters. The van der Waals surface area contributed by atoms with Gasteiger partial charge in [-0.2, -0.15) is 0 Å². The molecule has 0 fully saturated rings. The number of nitrogens with zero attached hydrogens (tertiary/aromatic N) is 1. The molecule has 0 radical (unpaired) electrons. The van der Waals surface area contributed by atoms with Gasteiger partial charge in [0.15, 0.2) is 0 Å². The van der Waals surface area contributed by atoms with Crippen molar-refractivity contribution in [2.24, 2.45) is 10.9 Å². The van der Waals surface area contributed by atoms with Gasteiger partial charge in [-0.05, 0) is 6.08 Å². The Morgan fingerprint density at radius 2 is 2.25 bits per heavy atom. The summed E-state index contributed by atoms with van der Waals surface area (Å²) in [7, 11) is 0. The van der Waals surface area contributed by atoms with E-state index in [1.54, 1.807) is 18.2 Å². The molecule has 0 saturated carbocycles. The zero-order valence-corrected chi connectivity index (χ0v) is 6.27. The van der Waals surface area contributed by atoms with Crippen LogP contribution in [0.4, 0.5) is 0 Å². The maximum absolute atomic E-state index is 10.8. The third-order valence-corrected chi connectivity index (χ3v) is 1.83. The SMILES string of the molecule is O=C1C=C(O)C2C=CC=CC2=N1. The maximum Gasteiger partial charge on any atom is 0.273 e. The summed E-state index contributed by atoms with van der Waals surface area (Å²) in [5, 5.41) is 9.35. The number of carbonyl (C=O) groups excluding carboxylic acids is 1. The van der Waals surface area contributed by atoms with Crippen LogP contribution in [-0.2, 0) is 4.79 Å². The van der Waals surface area contributed by atoms with Crippen molar-refractivity contribution in [1.82, 2.24) is 0 Å². The molecule has 0 spiro atoms. The summed E-state index contributed by atoms with van der Waals surface area (Å²) in [4.78, 5) is 14.6. The fourth-order valence-corrected chi connectivity index (χ4v) is 1.26. The molecule has 1 unspecified atom stereocenters. The largest absolute Gasteiger partial charge is 0.511 e. The van der Waals surface area contributed by atoms with Crippen LogP contribution >= 0.6 is 0 Å². The summed E-state index contributed by atoms with van der Waals surface area (Å²) < 4.78 is 0. The van der Waals surface area contributed by atoms with Crippen LogP contribution in [-0.4, -0.2) is 16.7 Å². The van der Waals surface area contributed by atoms with Crippen molar-refractivity contribution in [3.05, 3.63) is 36.1 Å². The van der Waals surface area contributed by atoms with Gasteiger partial charge in [-0.15, -0.1) is 0 Å². The molecule has 60 valence electrons. The van der Waals surface area contributed by atoms with E-state index in [9.17, 15) is 9.90 Å². The first-order valence-electron chi connectivity index (χ1n) is 3.65. The van der Waals surface area contributed by atoms with Gasteiger partial charge in [0.05, 0.1) is 11.6 Å². The van der Waals surface area contributed by atoms with Gasteiger partial charge >= 0.3 is 0 Å². The Hall–Kier alpha value is -1.64. The molecule has 1 amide bonds. The smallest absolute Gasteiger partial charge is 0.273 e. The minimum Gasteiger partial charge on any atom is -0.511 e. The van der Waals surface area contributed by atoms with Gasteiger partial charge in [-0.1, -0.05) is 18.2 Å². The zero-order valence-electron chi connectivity index (χ0n) is 6.27. The molecule has 0 saturated heterocycles. The summed E-state index contributed by atoms with van der Waals surface area (Å²) in [5.74, 6) is -0.531. The lowest BCUT2D eigenvalue weighted by Crippen LogP contribution is -2.20. The molecule has 3 nitrogen and oxygen atoms in total. The minimum atomic E-state index is -0.390. The van der Waals surface area contributed by atoms with Crippen molar-refractivity contribution < 1.29 is 9.90 Å². The zero-order chi connectivity index (χ0) is 8.55. The second-order valence-electron chi connectivity index (χ2n) is 2.67. The second-order valence-corrected chi connectivity index (χ2v) is 2.67. The molecule has 2 rings (SSSR count). The van der Waals surface area contributed by atoms with Crippen LogP contribution < -0.4 is 0 Å². The first-order valence-corrected chi connectivity index (χ1v) is 3.65. The summed E-state index contributed by atoms with van der Waals surface area (Å²) >= 11 is 0. The molecular weight excluding hydrogens is 154 g/mol. The molecule has 0 aromatic rings. The van der Waals surface area contributed by atoms with Gasteiger partial charge in [-0.3, -0.25) is 4.79 Å². The Labute approximate surface area is 69.4 Å². The molecule has 1 N–H and O–H groups in total. The van der Waals surface area contributed by atoms with Crippen LogP contribution in [0.2, 0.25) is 0 Å². The van der Waals surface area contributed by atoms with Gasteiger partial charge < -0.3 is 5.11 Å². The highest BCUT2D eigenvalue weighted by molar-refractivity contribution is 6.11. The molecule has 0 aromatic heterocycles. The van der Waals surface area contributed by atoms with E-state index in [0.717, 1.165) is 6.08 Å². The predicted octanol–water partition coefficient (Wildman–Crippen LogP) is 1.15. The molecule has 12 heavy (non-hydrogen) atoms. The number of amides is 1. The number of aliphatic imine (C=N–C) groups is 1. The highest BCUT2D eigenvalue weighted by Gasteiger charge is 2.22. The molecule has 1 aliphatic carbocycles. The molecule has 1 aliphatic heterocycles. The summed E-state index contributed by atoms with van der Waals surface area (Å²) in [6, 6.07) is 0. The molecular formula is C9H7NO2. The minimum absolute atomic E-state index is 0.0746. The van der Waals surface area contributed by atoms with Gasteiger partial charge in [-0.25, -0.2) is 4.99 Å². The molecule has 0 bridgehead atoms. The van der Waals surface area contributed by atoms with Gasteiger partial charge in [0.25, 0.3) is 5.91 Å². The number of hydrogen-bond acceptors (Lipinski definition) is 2.